The van der Waals surface area contributed by atoms with E-state index in [2.05, 4.69) is 5.32 Å². The maximum Gasteiger partial charge on any atom is 0.416 e. The van der Waals surface area contributed by atoms with Crippen LogP contribution >= 0.6 is 0 Å². The third kappa shape index (κ3) is 2.31. The SMILES string of the molecule is CCNc1cc(C(F)(F)F)ccc1O. The van der Waals surface area contributed by atoms with E-state index < -0.39 is 11.7 Å². The van der Waals surface area contributed by atoms with Gasteiger partial charge in [0.2, 0.25) is 0 Å². The van der Waals surface area contributed by atoms with Crippen molar-refractivity contribution in [3.63, 3.8) is 0 Å². The van der Waals surface area contributed by atoms with Gasteiger partial charge in [0.1, 0.15) is 5.75 Å². The molecule has 5 heteroatoms. The summed E-state index contributed by atoms with van der Waals surface area (Å²) in [4.78, 5) is 0. The molecule has 0 heterocycles. The molecule has 1 aromatic rings. The van der Waals surface area contributed by atoms with E-state index in [0.717, 1.165) is 18.2 Å². The van der Waals surface area contributed by atoms with Gasteiger partial charge in [0.05, 0.1) is 11.3 Å². The number of aromatic hydroxyl groups is 1. The summed E-state index contributed by atoms with van der Waals surface area (Å²) in [7, 11) is 0. The maximum atomic E-state index is 12.2. The molecule has 0 saturated carbocycles. The van der Waals surface area contributed by atoms with E-state index in [-0.39, 0.29) is 11.4 Å². The summed E-state index contributed by atoms with van der Waals surface area (Å²) in [6.45, 7) is 2.19. The Kier molecular flexibility index (Phi) is 2.88. The van der Waals surface area contributed by atoms with Gasteiger partial charge in [-0.2, -0.15) is 13.2 Å². The molecular formula is C9H10F3NO. The number of halogens is 3. The topological polar surface area (TPSA) is 32.3 Å². The highest BCUT2D eigenvalue weighted by Crippen LogP contribution is 2.34. The van der Waals surface area contributed by atoms with Crippen LogP contribution in [0.2, 0.25) is 0 Å². The molecule has 0 aliphatic heterocycles. The highest BCUT2D eigenvalue weighted by molar-refractivity contribution is 5.57. The number of benzene rings is 1. The molecule has 0 aromatic heterocycles. The first kappa shape index (κ1) is 10.7. The number of rotatable bonds is 2. The van der Waals surface area contributed by atoms with E-state index in [1.807, 2.05) is 0 Å². The van der Waals surface area contributed by atoms with Gasteiger partial charge in [-0.25, -0.2) is 0 Å². The predicted octanol–water partition coefficient (Wildman–Crippen LogP) is 2.84. The third-order valence-corrected chi connectivity index (χ3v) is 1.69. The van der Waals surface area contributed by atoms with Gasteiger partial charge in [0.15, 0.2) is 0 Å². The van der Waals surface area contributed by atoms with Crippen LogP contribution in [0.5, 0.6) is 5.75 Å². The summed E-state index contributed by atoms with van der Waals surface area (Å²) < 4.78 is 36.7. The number of phenols is 1. The van der Waals surface area contributed by atoms with Crippen molar-refractivity contribution in [2.45, 2.75) is 13.1 Å². The fraction of sp³-hybridized carbons (Fsp3) is 0.333. The number of hydrogen-bond donors (Lipinski definition) is 2. The molecule has 2 nitrogen and oxygen atoms in total. The zero-order chi connectivity index (χ0) is 10.8. The molecule has 78 valence electrons. The number of phenolic OH excluding ortho intramolecular Hbond substituents is 1. The van der Waals surface area contributed by atoms with Gasteiger partial charge >= 0.3 is 6.18 Å². The maximum absolute atomic E-state index is 12.2. The Bertz CT molecular complexity index is 322. The average molecular weight is 205 g/mol. The molecule has 1 rings (SSSR count). The first-order valence-corrected chi connectivity index (χ1v) is 4.09. The molecule has 0 atom stereocenters. The number of hydrogen-bond acceptors (Lipinski definition) is 2. The molecular weight excluding hydrogens is 195 g/mol. The van der Waals surface area contributed by atoms with Crippen LogP contribution in [0.3, 0.4) is 0 Å². The van der Waals surface area contributed by atoms with Crippen molar-refractivity contribution in [3.05, 3.63) is 23.8 Å². The van der Waals surface area contributed by atoms with Crippen molar-refractivity contribution in [3.8, 4) is 5.75 Å². The first-order chi connectivity index (χ1) is 6.45. The first-order valence-electron chi connectivity index (χ1n) is 4.09. The van der Waals surface area contributed by atoms with Crippen LogP contribution in [0.15, 0.2) is 18.2 Å². The zero-order valence-electron chi connectivity index (χ0n) is 7.52. The fourth-order valence-electron chi connectivity index (χ4n) is 1.04. The molecule has 1 aromatic carbocycles. The average Bonchev–Trinajstić information content (AvgIpc) is 2.07. The molecule has 0 amide bonds. The van der Waals surface area contributed by atoms with Crippen LogP contribution in [0.25, 0.3) is 0 Å². The Balaban J connectivity index is 3.06. The summed E-state index contributed by atoms with van der Waals surface area (Å²) in [5.41, 5.74) is -0.673. The Hall–Kier alpha value is -1.39. The minimum absolute atomic E-state index is 0.0994. The Morgan fingerprint density at radius 3 is 2.50 bits per heavy atom. The molecule has 0 aliphatic rings. The smallest absolute Gasteiger partial charge is 0.416 e. The third-order valence-electron chi connectivity index (χ3n) is 1.69. The molecule has 0 saturated heterocycles. The van der Waals surface area contributed by atoms with Crippen LogP contribution in [0.1, 0.15) is 12.5 Å². The quantitative estimate of drug-likeness (QED) is 0.727. The van der Waals surface area contributed by atoms with Crippen LogP contribution in [0.4, 0.5) is 18.9 Å². The molecule has 0 radical (unpaired) electrons. The molecule has 2 N–H and O–H groups in total. The summed E-state index contributed by atoms with van der Waals surface area (Å²) in [5, 5.41) is 11.8. The highest BCUT2D eigenvalue weighted by atomic mass is 19.4. The van der Waals surface area contributed by atoms with Crippen LogP contribution in [-0.2, 0) is 6.18 Å². The second-order valence-corrected chi connectivity index (χ2v) is 2.76. The van der Waals surface area contributed by atoms with Gasteiger partial charge < -0.3 is 10.4 Å². The summed E-state index contributed by atoms with van der Waals surface area (Å²) in [5.74, 6) is -0.181. The van der Waals surface area contributed by atoms with Gasteiger partial charge in [-0.15, -0.1) is 0 Å². The largest absolute Gasteiger partial charge is 0.506 e. The zero-order valence-corrected chi connectivity index (χ0v) is 7.52. The van der Waals surface area contributed by atoms with Crippen molar-refractivity contribution in [2.75, 3.05) is 11.9 Å². The van der Waals surface area contributed by atoms with E-state index in [9.17, 15) is 18.3 Å². The molecule has 0 fully saturated rings. The number of nitrogens with one attached hydrogen (secondary N) is 1. The lowest BCUT2D eigenvalue weighted by atomic mass is 10.2. The Morgan fingerprint density at radius 1 is 1.36 bits per heavy atom. The standard InChI is InChI=1S/C9H10F3NO/c1-2-13-7-5-6(9(10,11)12)3-4-8(7)14/h3-5,13-14H,2H2,1H3. The van der Waals surface area contributed by atoms with Crippen molar-refractivity contribution in [2.24, 2.45) is 0 Å². The molecule has 0 spiro atoms. The predicted molar refractivity (Wildman–Crippen MR) is 47.3 cm³/mol. The summed E-state index contributed by atoms with van der Waals surface area (Å²) in [6, 6.07) is 2.76. The number of anilines is 1. The number of alkyl halides is 3. The van der Waals surface area contributed by atoms with Crippen LogP contribution in [-0.4, -0.2) is 11.7 Å². The van der Waals surface area contributed by atoms with E-state index in [0.29, 0.717) is 6.54 Å². The fourth-order valence-corrected chi connectivity index (χ4v) is 1.04. The van der Waals surface area contributed by atoms with E-state index in [4.69, 9.17) is 0 Å². The molecule has 0 aliphatic carbocycles. The second kappa shape index (κ2) is 3.77. The lowest BCUT2D eigenvalue weighted by Crippen LogP contribution is -2.06. The van der Waals surface area contributed by atoms with E-state index in [1.54, 1.807) is 6.92 Å². The lowest BCUT2D eigenvalue weighted by Gasteiger charge is -2.10. The summed E-state index contributed by atoms with van der Waals surface area (Å²) in [6.07, 6.45) is -4.38. The van der Waals surface area contributed by atoms with Crippen molar-refractivity contribution < 1.29 is 18.3 Å². The molecule has 14 heavy (non-hydrogen) atoms. The van der Waals surface area contributed by atoms with Gasteiger partial charge in [-0.1, -0.05) is 0 Å². The second-order valence-electron chi connectivity index (χ2n) is 2.76. The normalized spacial score (nSPS) is 11.4. The van der Waals surface area contributed by atoms with Crippen molar-refractivity contribution in [1.82, 2.24) is 0 Å². The Labute approximate surface area is 79.4 Å². The minimum atomic E-state index is -4.38. The van der Waals surface area contributed by atoms with Gasteiger partial charge in [-0.05, 0) is 25.1 Å². The van der Waals surface area contributed by atoms with Gasteiger partial charge in [-0.3, -0.25) is 0 Å². The van der Waals surface area contributed by atoms with E-state index >= 15 is 0 Å². The monoisotopic (exact) mass is 205 g/mol. The highest BCUT2D eigenvalue weighted by Gasteiger charge is 2.30. The minimum Gasteiger partial charge on any atom is -0.506 e. The van der Waals surface area contributed by atoms with Crippen molar-refractivity contribution in [1.29, 1.82) is 0 Å². The van der Waals surface area contributed by atoms with E-state index in [1.165, 1.54) is 0 Å². The van der Waals surface area contributed by atoms with Gasteiger partial charge in [0, 0.05) is 6.54 Å². The summed E-state index contributed by atoms with van der Waals surface area (Å²) >= 11 is 0. The Morgan fingerprint density at radius 2 is 2.00 bits per heavy atom. The van der Waals surface area contributed by atoms with Crippen LogP contribution < -0.4 is 5.32 Å². The molecule has 0 unspecified atom stereocenters. The van der Waals surface area contributed by atoms with Crippen LogP contribution in [0, 0.1) is 0 Å². The van der Waals surface area contributed by atoms with Gasteiger partial charge in [0.25, 0.3) is 0 Å². The van der Waals surface area contributed by atoms with Crippen molar-refractivity contribution >= 4 is 5.69 Å². The lowest BCUT2D eigenvalue weighted by molar-refractivity contribution is -0.137. The molecule has 0 bridgehead atoms.